The number of carbonyl (C=O) groups excluding carboxylic acids is 3. The number of amides is 1. The van der Waals surface area contributed by atoms with Gasteiger partial charge in [0.25, 0.3) is 0 Å². The first-order chi connectivity index (χ1) is 29.9. The molecule has 1 aromatic rings. The van der Waals surface area contributed by atoms with E-state index in [4.69, 9.17) is 19.9 Å². The number of esters is 2. The summed E-state index contributed by atoms with van der Waals surface area (Å²) in [5, 5.41) is 34.7. The van der Waals surface area contributed by atoms with Gasteiger partial charge in [-0.05, 0) is 124 Å². The summed E-state index contributed by atoms with van der Waals surface area (Å²) in [6.45, 7) is 9.72. The Bertz CT molecular complexity index is 2050. The topological polar surface area (TPSA) is 225 Å². The van der Waals surface area contributed by atoms with Gasteiger partial charge in [-0.25, -0.2) is 10.2 Å². The Labute approximate surface area is 366 Å². The normalized spacial score (nSPS) is 31.8. The summed E-state index contributed by atoms with van der Waals surface area (Å²) in [5.74, 6) is -4.30. The minimum atomic E-state index is -3.91. The van der Waals surface area contributed by atoms with E-state index in [0.29, 0.717) is 65.2 Å². The summed E-state index contributed by atoms with van der Waals surface area (Å²) >= 11 is 0. The molecule has 63 heavy (non-hydrogen) atoms. The first kappa shape index (κ1) is 47.9. The number of nitrogens with one attached hydrogen (secondary N) is 1. The zero-order valence-corrected chi connectivity index (χ0v) is 36.4. The smallest absolute Gasteiger partial charge is 0.351 e. The fraction of sp³-hybridized carbons (Fsp3) is 0.652. The average molecular weight is 884 g/mol. The highest BCUT2D eigenvalue weighted by Crippen LogP contribution is 2.59. The van der Waals surface area contributed by atoms with Crippen molar-refractivity contribution in [3.8, 4) is 0 Å². The molecule has 1 aliphatic heterocycles. The van der Waals surface area contributed by atoms with Gasteiger partial charge in [-0.15, -0.1) is 0 Å². The molecular weight excluding hydrogens is 821 g/mol. The second kappa shape index (κ2) is 20.5. The van der Waals surface area contributed by atoms with E-state index in [1.165, 1.54) is 5.57 Å². The zero-order chi connectivity index (χ0) is 45.6. The predicted octanol–water partition coefficient (Wildman–Crippen LogP) is 5.36. The Morgan fingerprint density at radius 1 is 1.11 bits per heavy atom. The van der Waals surface area contributed by atoms with Gasteiger partial charge in [-0.3, -0.25) is 19.0 Å². The lowest BCUT2D eigenvalue weighted by Gasteiger charge is -2.44. The maximum atomic E-state index is 14.7. The molecule has 0 aromatic carbocycles. The molecule has 6 unspecified atom stereocenters. The fourth-order valence-electron chi connectivity index (χ4n) is 9.89. The number of alkyl halides is 2. The van der Waals surface area contributed by atoms with Gasteiger partial charge in [0, 0.05) is 31.2 Å². The van der Waals surface area contributed by atoms with Crippen LogP contribution in [0, 0.1) is 29.1 Å². The Balaban J connectivity index is 0.895. The van der Waals surface area contributed by atoms with Crippen LogP contribution in [0.3, 0.4) is 0 Å². The van der Waals surface area contributed by atoms with E-state index < -0.39 is 67.2 Å². The van der Waals surface area contributed by atoms with Crippen molar-refractivity contribution in [1.82, 2.24) is 15.0 Å². The molecule has 1 saturated heterocycles. The molecule has 6 N–H and O–H groups in total. The molecule has 5 aliphatic rings. The minimum Gasteiger partial charge on any atom is -0.463 e. The lowest BCUT2D eigenvalue weighted by atomic mass is 9.61. The summed E-state index contributed by atoms with van der Waals surface area (Å²) in [6, 6.07) is 1.12. The van der Waals surface area contributed by atoms with Gasteiger partial charge in [-0.2, -0.15) is 18.9 Å². The molecule has 346 valence electrons. The maximum absolute atomic E-state index is 14.7. The number of allylic oxidation sites excluding steroid dienone is 4. The average Bonchev–Trinajstić information content (AvgIpc) is 3.97. The second-order valence-corrected chi connectivity index (χ2v) is 18.3. The first-order valence-electron chi connectivity index (χ1n) is 22.2. The predicted molar refractivity (Wildman–Crippen MR) is 229 cm³/mol. The number of fused-ring (bicyclic) bond motifs is 1. The number of aliphatic hydroxyl groups is 3. The minimum absolute atomic E-state index is 0.153. The van der Waals surface area contributed by atoms with Crippen molar-refractivity contribution in [2.45, 2.75) is 153 Å². The van der Waals surface area contributed by atoms with E-state index in [1.54, 1.807) is 6.92 Å². The number of anilines is 1. The molecule has 5 fully saturated rings. The summed E-state index contributed by atoms with van der Waals surface area (Å²) in [4.78, 5) is 53.0. The van der Waals surface area contributed by atoms with Crippen molar-refractivity contribution in [3.63, 3.8) is 0 Å². The number of nitrogens with two attached hydrogens (primary N) is 1. The van der Waals surface area contributed by atoms with E-state index >= 15 is 0 Å². The van der Waals surface area contributed by atoms with Crippen molar-refractivity contribution in [1.29, 1.82) is 0 Å². The summed E-state index contributed by atoms with van der Waals surface area (Å²) in [7, 11) is 0. The monoisotopic (exact) mass is 883 g/mol. The maximum Gasteiger partial charge on any atom is 0.351 e. The van der Waals surface area contributed by atoms with Crippen molar-refractivity contribution in [2.24, 2.45) is 34.2 Å². The lowest BCUT2D eigenvalue weighted by molar-refractivity contribution is -0.151. The number of carbonyl (C=O) groups is 3. The molecule has 17 heteroatoms. The summed E-state index contributed by atoms with van der Waals surface area (Å²) < 4.78 is 46.0. The number of nitrogens with zero attached hydrogens (tertiary/aromatic N) is 3. The van der Waals surface area contributed by atoms with Crippen LogP contribution in [-0.4, -0.2) is 91.5 Å². The van der Waals surface area contributed by atoms with E-state index in [1.807, 2.05) is 0 Å². The summed E-state index contributed by atoms with van der Waals surface area (Å²) in [5.41, 5.74) is 10.4. The van der Waals surface area contributed by atoms with Gasteiger partial charge in [0.1, 0.15) is 24.6 Å². The molecule has 1 amide bonds. The van der Waals surface area contributed by atoms with Gasteiger partial charge in [0.2, 0.25) is 12.1 Å². The van der Waals surface area contributed by atoms with Crippen LogP contribution in [-0.2, 0) is 28.6 Å². The highest BCUT2D eigenvalue weighted by atomic mass is 19.3. The van der Waals surface area contributed by atoms with Gasteiger partial charge < -0.3 is 35.3 Å². The third-order valence-electron chi connectivity index (χ3n) is 13.6. The van der Waals surface area contributed by atoms with Crippen molar-refractivity contribution in [2.75, 3.05) is 12.3 Å². The number of aromatic nitrogens is 2. The number of ether oxygens (including phenoxy) is 3. The number of hydrogen-bond acceptors (Lipinski definition) is 13. The van der Waals surface area contributed by atoms with E-state index in [9.17, 15) is 43.3 Å². The van der Waals surface area contributed by atoms with Gasteiger partial charge in [0.15, 0.2) is 6.10 Å². The fourth-order valence-corrected chi connectivity index (χ4v) is 9.89. The SMILES string of the molecule is C=C1/C(=C\C=C2/CCC[C@@]3(C)C2CCC3[C@@H](C)/C=C/C(OC(=O)CCC/C(C)=N/NC(=O)CCC(=O)OCC2OC(n3ccc(N)nc3=O)C(F)(F)C2O)C2CC2)C[C@@H](O)C[C@@H]1O. The first-order valence-corrected chi connectivity index (χ1v) is 22.2. The number of nitrogen functional groups attached to an aromatic ring is 1. The number of aliphatic hydroxyl groups excluding tert-OH is 3. The number of rotatable bonds is 17. The molecular formula is C46H63F2N5O10. The van der Waals surface area contributed by atoms with Gasteiger partial charge in [0.05, 0.1) is 18.6 Å². The van der Waals surface area contributed by atoms with Crippen LogP contribution in [0.5, 0.6) is 0 Å². The lowest BCUT2D eigenvalue weighted by Crippen LogP contribution is -2.42. The molecule has 6 rings (SSSR count). The Morgan fingerprint density at radius 2 is 1.87 bits per heavy atom. The molecule has 2 heterocycles. The van der Waals surface area contributed by atoms with E-state index in [2.05, 4.69) is 60.2 Å². The van der Waals surface area contributed by atoms with Crippen molar-refractivity contribution < 1.29 is 52.7 Å². The molecule has 10 atom stereocenters. The number of hydrogen-bond donors (Lipinski definition) is 5. The van der Waals surface area contributed by atoms with Gasteiger partial charge >= 0.3 is 23.6 Å². The van der Waals surface area contributed by atoms with Crippen LogP contribution in [0.2, 0.25) is 0 Å². The standard InChI is InChI=1S/C46H63F2N5O10/c1-26(33-15-16-34-29(8-6-21-45(33,34)4)11-14-31-23-32(54)24-35(55)28(31)3)10-17-36(30-12-13-30)62-41(58)9-5-7-27(2)51-52-39(56)18-19-40(57)61-25-37-42(59)46(47,48)43(63-37)53-22-20-38(49)50-44(53)60/h10-11,14,17,20,22,26,30,32-37,42-43,54-55,59H,3,5-9,12-13,15-16,18-19,21,23-25H2,1-2,4H3,(H,52,56)(H2,49,50,60)/b17-10+,29-11+,31-14-,51-27+/t26-,32+,33?,34?,35-,36?,37?,42?,43?,45+/m0/s1. The van der Waals surface area contributed by atoms with Crippen LogP contribution < -0.4 is 16.8 Å². The van der Waals surface area contributed by atoms with E-state index in [-0.39, 0.29) is 36.1 Å². The van der Waals surface area contributed by atoms with Gasteiger partial charge in [-0.1, -0.05) is 44.2 Å². The highest BCUT2D eigenvalue weighted by Gasteiger charge is 2.60. The zero-order valence-electron chi connectivity index (χ0n) is 36.4. The van der Waals surface area contributed by atoms with E-state index in [0.717, 1.165) is 62.8 Å². The Morgan fingerprint density at radius 3 is 2.60 bits per heavy atom. The van der Waals surface area contributed by atoms with Crippen LogP contribution in [0.4, 0.5) is 14.6 Å². The Kier molecular flexibility index (Phi) is 15.6. The van der Waals surface area contributed by atoms with Crippen LogP contribution in [0.25, 0.3) is 0 Å². The molecule has 0 spiro atoms. The molecule has 4 saturated carbocycles. The van der Waals surface area contributed by atoms with Crippen LogP contribution in [0.1, 0.15) is 117 Å². The highest BCUT2D eigenvalue weighted by molar-refractivity contribution is 5.85. The molecule has 0 radical (unpaired) electrons. The molecule has 1 aromatic heterocycles. The van der Waals surface area contributed by atoms with Crippen molar-refractivity contribution >= 4 is 29.4 Å². The Hall–Kier alpha value is -4.58. The quantitative estimate of drug-likeness (QED) is 0.0577. The summed E-state index contributed by atoms with van der Waals surface area (Å²) in [6.07, 6.45) is 10.6. The van der Waals surface area contributed by atoms with Crippen molar-refractivity contribution in [3.05, 3.63) is 70.3 Å². The third-order valence-corrected chi connectivity index (χ3v) is 13.6. The third kappa shape index (κ3) is 11.8. The number of halogens is 2. The largest absolute Gasteiger partial charge is 0.463 e. The van der Waals surface area contributed by atoms with Crippen LogP contribution >= 0.6 is 0 Å². The molecule has 4 aliphatic carbocycles. The van der Waals surface area contributed by atoms with Crippen LogP contribution in [0.15, 0.2) is 69.8 Å². The second-order valence-electron chi connectivity index (χ2n) is 18.3. The molecule has 15 nitrogen and oxygen atoms in total. The number of hydrazone groups is 1. The molecule has 0 bridgehead atoms.